The van der Waals surface area contributed by atoms with E-state index in [0.717, 1.165) is 25.7 Å². The van der Waals surface area contributed by atoms with Crippen LogP contribution in [0.25, 0.3) is 0 Å². The van der Waals surface area contributed by atoms with Gasteiger partial charge < -0.3 is 4.74 Å². The van der Waals surface area contributed by atoms with E-state index in [0.29, 0.717) is 18.9 Å². The molecular formula is C10H17Cl3O2. The minimum atomic E-state index is -1.39. The Bertz CT molecular complexity index is 184. The molecule has 0 radical (unpaired) electrons. The number of unbranched alkanes of at least 4 members (excludes halogenated alkanes) is 3. The Morgan fingerprint density at radius 1 is 1.20 bits per heavy atom. The molecule has 0 heterocycles. The first-order valence-electron chi connectivity index (χ1n) is 5.15. The summed E-state index contributed by atoms with van der Waals surface area (Å²) in [6, 6.07) is 0. The van der Waals surface area contributed by atoms with Gasteiger partial charge in [-0.05, 0) is 26.2 Å². The molecule has 0 rings (SSSR count). The van der Waals surface area contributed by atoms with Crippen LogP contribution in [0.1, 0.15) is 39.0 Å². The molecule has 0 saturated carbocycles. The highest BCUT2D eigenvalue weighted by molar-refractivity contribution is 6.57. The number of hydrogen-bond donors (Lipinski definition) is 0. The van der Waals surface area contributed by atoms with Gasteiger partial charge in [-0.25, -0.2) is 4.79 Å². The van der Waals surface area contributed by atoms with Crippen molar-refractivity contribution in [3.63, 3.8) is 0 Å². The Kier molecular flexibility index (Phi) is 8.68. The minimum Gasteiger partial charge on any atom is -0.464 e. The SMILES string of the molecule is CCOC(=O)C(Cl)(Cl)CCCCCCCl. The molecule has 0 bridgehead atoms. The van der Waals surface area contributed by atoms with Crippen LogP contribution >= 0.6 is 34.8 Å². The van der Waals surface area contributed by atoms with Gasteiger partial charge in [-0.15, -0.1) is 11.6 Å². The molecule has 0 aliphatic rings. The zero-order valence-electron chi connectivity index (χ0n) is 8.90. The monoisotopic (exact) mass is 274 g/mol. The molecule has 0 unspecified atom stereocenters. The summed E-state index contributed by atoms with van der Waals surface area (Å²) in [7, 11) is 0. The molecule has 15 heavy (non-hydrogen) atoms. The standard InChI is InChI=1S/C10H17Cl3O2/c1-2-15-9(14)10(12,13)7-5-3-4-6-8-11/h2-8H2,1H3. The molecule has 0 aliphatic heterocycles. The number of ether oxygens (including phenoxy) is 1. The van der Waals surface area contributed by atoms with E-state index in [4.69, 9.17) is 39.5 Å². The van der Waals surface area contributed by atoms with Crippen LogP contribution in [0.5, 0.6) is 0 Å². The van der Waals surface area contributed by atoms with Crippen LogP contribution in [0.2, 0.25) is 0 Å². The molecule has 0 fully saturated rings. The van der Waals surface area contributed by atoms with Gasteiger partial charge in [0.15, 0.2) is 0 Å². The molecule has 5 heteroatoms. The molecule has 0 saturated heterocycles. The Hall–Kier alpha value is 0.340. The molecule has 0 aliphatic carbocycles. The van der Waals surface area contributed by atoms with Gasteiger partial charge in [-0.1, -0.05) is 36.0 Å². The Balaban J connectivity index is 3.68. The first-order valence-corrected chi connectivity index (χ1v) is 6.44. The van der Waals surface area contributed by atoms with Gasteiger partial charge >= 0.3 is 5.97 Å². The van der Waals surface area contributed by atoms with Crippen molar-refractivity contribution in [1.82, 2.24) is 0 Å². The van der Waals surface area contributed by atoms with Crippen molar-refractivity contribution >= 4 is 40.8 Å². The zero-order valence-corrected chi connectivity index (χ0v) is 11.2. The number of halogens is 3. The zero-order chi connectivity index (χ0) is 11.7. The Morgan fingerprint density at radius 2 is 1.80 bits per heavy atom. The third-order valence-electron chi connectivity index (χ3n) is 1.95. The van der Waals surface area contributed by atoms with Crippen LogP contribution in [0.3, 0.4) is 0 Å². The highest BCUT2D eigenvalue weighted by atomic mass is 35.5. The quantitative estimate of drug-likeness (QED) is 0.381. The lowest BCUT2D eigenvalue weighted by Gasteiger charge is -2.16. The highest BCUT2D eigenvalue weighted by Crippen LogP contribution is 2.29. The molecule has 90 valence electrons. The van der Waals surface area contributed by atoms with E-state index >= 15 is 0 Å². The van der Waals surface area contributed by atoms with Crippen LogP contribution in [0.15, 0.2) is 0 Å². The van der Waals surface area contributed by atoms with Gasteiger partial charge in [0.2, 0.25) is 4.33 Å². The largest absolute Gasteiger partial charge is 0.464 e. The number of hydrogen-bond acceptors (Lipinski definition) is 2. The van der Waals surface area contributed by atoms with Crippen molar-refractivity contribution in [2.75, 3.05) is 12.5 Å². The molecule has 0 N–H and O–H groups in total. The van der Waals surface area contributed by atoms with E-state index in [-0.39, 0.29) is 0 Å². The first kappa shape index (κ1) is 15.3. The number of alkyl halides is 3. The van der Waals surface area contributed by atoms with Gasteiger partial charge in [0, 0.05) is 5.88 Å². The van der Waals surface area contributed by atoms with E-state index in [9.17, 15) is 4.79 Å². The van der Waals surface area contributed by atoms with Crippen LogP contribution in [-0.2, 0) is 9.53 Å². The number of carbonyl (C=O) groups is 1. The summed E-state index contributed by atoms with van der Waals surface area (Å²) in [5.74, 6) is 0.121. The van der Waals surface area contributed by atoms with E-state index < -0.39 is 10.3 Å². The molecule has 0 atom stereocenters. The van der Waals surface area contributed by atoms with E-state index in [1.54, 1.807) is 6.92 Å². The van der Waals surface area contributed by atoms with Gasteiger partial charge in [0.05, 0.1) is 6.61 Å². The summed E-state index contributed by atoms with van der Waals surface area (Å²) in [4.78, 5) is 11.3. The number of rotatable bonds is 8. The van der Waals surface area contributed by atoms with Crippen LogP contribution in [0, 0.1) is 0 Å². The Labute approximate surface area is 106 Å². The van der Waals surface area contributed by atoms with Crippen molar-refractivity contribution in [1.29, 1.82) is 0 Å². The van der Waals surface area contributed by atoms with E-state index in [1.807, 2.05) is 0 Å². The lowest BCUT2D eigenvalue weighted by molar-refractivity contribution is -0.144. The van der Waals surface area contributed by atoms with Crippen molar-refractivity contribution < 1.29 is 9.53 Å². The van der Waals surface area contributed by atoms with Gasteiger partial charge in [0.25, 0.3) is 0 Å². The van der Waals surface area contributed by atoms with Crippen LogP contribution < -0.4 is 0 Å². The third kappa shape index (κ3) is 7.26. The molecule has 0 aromatic heterocycles. The smallest absolute Gasteiger partial charge is 0.342 e. The summed E-state index contributed by atoms with van der Waals surface area (Å²) in [5.41, 5.74) is 0. The maximum atomic E-state index is 11.3. The average Bonchev–Trinajstić information content (AvgIpc) is 2.18. The second kappa shape index (κ2) is 8.49. The fourth-order valence-corrected chi connectivity index (χ4v) is 1.70. The normalized spacial score (nSPS) is 11.5. The Morgan fingerprint density at radius 3 is 2.33 bits per heavy atom. The van der Waals surface area contributed by atoms with Crippen molar-refractivity contribution in [2.24, 2.45) is 0 Å². The van der Waals surface area contributed by atoms with Crippen molar-refractivity contribution in [3.05, 3.63) is 0 Å². The molecule has 0 aromatic rings. The topological polar surface area (TPSA) is 26.3 Å². The molecule has 0 amide bonds. The molecule has 2 nitrogen and oxygen atoms in total. The predicted molar refractivity (Wildman–Crippen MR) is 64.9 cm³/mol. The van der Waals surface area contributed by atoms with Gasteiger partial charge in [0.1, 0.15) is 0 Å². The fraction of sp³-hybridized carbons (Fsp3) is 0.900. The third-order valence-corrected chi connectivity index (χ3v) is 2.90. The summed E-state index contributed by atoms with van der Waals surface area (Å²) < 4.78 is 3.37. The maximum absolute atomic E-state index is 11.3. The van der Waals surface area contributed by atoms with Gasteiger partial charge in [-0.2, -0.15) is 0 Å². The summed E-state index contributed by atoms with van der Waals surface area (Å²) in [5, 5.41) is 0. The molecule has 0 spiro atoms. The summed E-state index contributed by atoms with van der Waals surface area (Å²) in [6.45, 7) is 2.02. The van der Waals surface area contributed by atoms with E-state index in [2.05, 4.69) is 0 Å². The molecule has 0 aromatic carbocycles. The van der Waals surface area contributed by atoms with Crippen molar-refractivity contribution in [3.8, 4) is 0 Å². The lowest BCUT2D eigenvalue weighted by Crippen LogP contribution is -2.28. The van der Waals surface area contributed by atoms with Crippen LogP contribution in [-0.4, -0.2) is 22.8 Å². The average molecular weight is 276 g/mol. The number of carbonyl (C=O) groups excluding carboxylic acids is 1. The summed E-state index contributed by atoms with van der Waals surface area (Å²) >= 11 is 17.2. The highest BCUT2D eigenvalue weighted by Gasteiger charge is 2.34. The molecular weight excluding hydrogens is 258 g/mol. The predicted octanol–water partition coefficient (Wildman–Crippen LogP) is 3.91. The first-order chi connectivity index (χ1) is 7.04. The minimum absolute atomic E-state index is 0.298. The maximum Gasteiger partial charge on any atom is 0.342 e. The second-order valence-electron chi connectivity index (χ2n) is 3.28. The van der Waals surface area contributed by atoms with Crippen molar-refractivity contribution in [2.45, 2.75) is 43.4 Å². The lowest BCUT2D eigenvalue weighted by atomic mass is 10.1. The second-order valence-corrected chi connectivity index (χ2v) is 5.14. The van der Waals surface area contributed by atoms with Crippen LogP contribution in [0.4, 0.5) is 0 Å². The fourth-order valence-electron chi connectivity index (χ4n) is 1.13. The van der Waals surface area contributed by atoms with Gasteiger partial charge in [-0.3, -0.25) is 0 Å². The number of esters is 1. The summed E-state index contributed by atoms with van der Waals surface area (Å²) in [6.07, 6.45) is 4.24. The van der Waals surface area contributed by atoms with E-state index in [1.165, 1.54) is 0 Å².